The molecule has 0 unspecified atom stereocenters. The standard InChI is InChI=1S/C15H19N3S/c1-15(2,3)18-11-12-5-7-13(8-6-12)19-14-16-9-4-10-17-14/h4-10,18H,11H2,1-3H3. The molecule has 0 spiro atoms. The number of rotatable bonds is 4. The summed E-state index contributed by atoms with van der Waals surface area (Å²) in [6.07, 6.45) is 3.52. The fourth-order valence-corrected chi connectivity index (χ4v) is 2.20. The van der Waals surface area contributed by atoms with Gasteiger partial charge in [-0.25, -0.2) is 9.97 Å². The van der Waals surface area contributed by atoms with Crippen LogP contribution in [-0.2, 0) is 6.54 Å². The SMILES string of the molecule is CC(C)(C)NCc1ccc(Sc2ncccn2)cc1. The zero-order chi connectivity index (χ0) is 13.7. The summed E-state index contributed by atoms with van der Waals surface area (Å²) in [5.41, 5.74) is 1.43. The maximum Gasteiger partial charge on any atom is 0.192 e. The second-order valence-corrected chi connectivity index (χ2v) is 6.42. The first-order chi connectivity index (χ1) is 9.03. The van der Waals surface area contributed by atoms with Gasteiger partial charge < -0.3 is 5.32 Å². The van der Waals surface area contributed by atoms with Crippen LogP contribution in [0.4, 0.5) is 0 Å². The van der Waals surface area contributed by atoms with E-state index in [9.17, 15) is 0 Å². The van der Waals surface area contributed by atoms with Gasteiger partial charge in [0.05, 0.1) is 0 Å². The number of aromatic nitrogens is 2. The van der Waals surface area contributed by atoms with Crippen LogP contribution in [0.1, 0.15) is 26.3 Å². The Morgan fingerprint density at radius 1 is 1.05 bits per heavy atom. The van der Waals surface area contributed by atoms with Crippen LogP contribution in [0.5, 0.6) is 0 Å². The number of benzene rings is 1. The van der Waals surface area contributed by atoms with Crippen LogP contribution in [-0.4, -0.2) is 15.5 Å². The molecular formula is C15H19N3S. The minimum atomic E-state index is 0.144. The summed E-state index contributed by atoms with van der Waals surface area (Å²) in [6, 6.07) is 10.3. The Hall–Kier alpha value is -1.39. The molecule has 0 radical (unpaired) electrons. The van der Waals surface area contributed by atoms with E-state index in [1.165, 1.54) is 5.56 Å². The van der Waals surface area contributed by atoms with E-state index in [1.54, 1.807) is 24.2 Å². The van der Waals surface area contributed by atoms with Crippen molar-refractivity contribution in [3.8, 4) is 0 Å². The minimum Gasteiger partial charge on any atom is -0.308 e. The lowest BCUT2D eigenvalue weighted by Gasteiger charge is -2.20. The second-order valence-electron chi connectivity index (χ2n) is 5.38. The molecule has 0 aliphatic heterocycles. The van der Waals surface area contributed by atoms with Crippen molar-refractivity contribution in [3.63, 3.8) is 0 Å². The molecule has 19 heavy (non-hydrogen) atoms. The summed E-state index contributed by atoms with van der Waals surface area (Å²) in [5, 5.41) is 4.26. The average Bonchev–Trinajstić information content (AvgIpc) is 2.38. The van der Waals surface area contributed by atoms with Crippen LogP contribution in [0.25, 0.3) is 0 Å². The van der Waals surface area contributed by atoms with Gasteiger partial charge in [0.1, 0.15) is 0 Å². The molecule has 0 aliphatic carbocycles. The van der Waals surface area contributed by atoms with Gasteiger partial charge in [0.15, 0.2) is 5.16 Å². The fourth-order valence-electron chi connectivity index (χ4n) is 1.49. The molecule has 100 valence electrons. The summed E-state index contributed by atoms with van der Waals surface area (Å²) in [4.78, 5) is 9.57. The Morgan fingerprint density at radius 2 is 1.68 bits per heavy atom. The molecule has 3 nitrogen and oxygen atoms in total. The molecule has 0 bridgehead atoms. The van der Waals surface area contributed by atoms with Crippen molar-refractivity contribution in [2.24, 2.45) is 0 Å². The van der Waals surface area contributed by atoms with Crippen LogP contribution in [0.3, 0.4) is 0 Å². The van der Waals surface area contributed by atoms with Gasteiger partial charge in [-0.1, -0.05) is 12.1 Å². The van der Waals surface area contributed by atoms with Gasteiger partial charge >= 0.3 is 0 Å². The molecule has 2 aromatic rings. The highest BCUT2D eigenvalue weighted by molar-refractivity contribution is 7.99. The van der Waals surface area contributed by atoms with E-state index in [2.05, 4.69) is 60.3 Å². The molecule has 1 heterocycles. The number of hydrogen-bond acceptors (Lipinski definition) is 4. The quantitative estimate of drug-likeness (QED) is 0.865. The molecule has 1 aromatic heterocycles. The lowest BCUT2D eigenvalue weighted by molar-refractivity contribution is 0.424. The maximum absolute atomic E-state index is 4.20. The van der Waals surface area contributed by atoms with Gasteiger partial charge in [-0.2, -0.15) is 0 Å². The Bertz CT molecular complexity index is 503. The van der Waals surface area contributed by atoms with E-state index in [0.29, 0.717) is 0 Å². The number of hydrogen-bond donors (Lipinski definition) is 1. The third-order valence-electron chi connectivity index (χ3n) is 2.50. The van der Waals surface area contributed by atoms with E-state index < -0.39 is 0 Å². The number of nitrogens with zero attached hydrogens (tertiary/aromatic N) is 2. The highest BCUT2D eigenvalue weighted by Gasteiger charge is 2.08. The summed E-state index contributed by atoms with van der Waals surface area (Å²) >= 11 is 1.58. The largest absolute Gasteiger partial charge is 0.308 e. The van der Waals surface area contributed by atoms with E-state index in [4.69, 9.17) is 0 Å². The van der Waals surface area contributed by atoms with E-state index in [1.807, 2.05) is 6.07 Å². The van der Waals surface area contributed by atoms with E-state index in [0.717, 1.165) is 16.6 Å². The van der Waals surface area contributed by atoms with Crippen molar-refractivity contribution in [1.29, 1.82) is 0 Å². The van der Waals surface area contributed by atoms with Gasteiger partial charge in [-0.05, 0) is 56.3 Å². The van der Waals surface area contributed by atoms with Gasteiger partial charge in [0.2, 0.25) is 0 Å². The first kappa shape index (κ1) is 14.0. The molecular weight excluding hydrogens is 254 g/mol. The molecule has 0 aliphatic rings. The van der Waals surface area contributed by atoms with Crippen LogP contribution in [0.2, 0.25) is 0 Å². The summed E-state index contributed by atoms with van der Waals surface area (Å²) < 4.78 is 0. The van der Waals surface area contributed by atoms with E-state index >= 15 is 0 Å². The molecule has 0 saturated heterocycles. The van der Waals surface area contributed by atoms with Crippen molar-refractivity contribution in [2.45, 2.75) is 42.9 Å². The topological polar surface area (TPSA) is 37.8 Å². The zero-order valence-corrected chi connectivity index (χ0v) is 12.4. The van der Waals surface area contributed by atoms with Gasteiger partial charge in [-0.3, -0.25) is 0 Å². The molecule has 4 heteroatoms. The van der Waals surface area contributed by atoms with Gasteiger partial charge in [0.25, 0.3) is 0 Å². The molecule has 0 saturated carbocycles. The summed E-state index contributed by atoms with van der Waals surface area (Å²) in [6.45, 7) is 7.40. The Morgan fingerprint density at radius 3 is 2.26 bits per heavy atom. The normalized spacial score (nSPS) is 11.5. The Balaban J connectivity index is 1.95. The van der Waals surface area contributed by atoms with Crippen molar-refractivity contribution < 1.29 is 0 Å². The molecule has 2 rings (SSSR count). The summed E-state index contributed by atoms with van der Waals surface area (Å²) in [5.74, 6) is 0. The van der Waals surface area contributed by atoms with Crippen molar-refractivity contribution in [1.82, 2.24) is 15.3 Å². The number of nitrogens with one attached hydrogen (secondary N) is 1. The lowest BCUT2D eigenvalue weighted by Crippen LogP contribution is -2.35. The Labute approximate surface area is 118 Å². The first-order valence-corrected chi connectivity index (χ1v) is 7.13. The van der Waals surface area contributed by atoms with Crippen LogP contribution in [0.15, 0.2) is 52.8 Å². The van der Waals surface area contributed by atoms with Crippen molar-refractivity contribution >= 4 is 11.8 Å². The van der Waals surface area contributed by atoms with Crippen molar-refractivity contribution in [2.75, 3.05) is 0 Å². The fraction of sp³-hybridized carbons (Fsp3) is 0.333. The van der Waals surface area contributed by atoms with E-state index in [-0.39, 0.29) is 5.54 Å². The third kappa shape index (κ3) is 5.01. The van der Waals surface area contributed by atoms with Gasteiger partial charge in [0, 0.05) is 29.4 Å². The van der Waals surface area contributed by atoms with Gasteiger partial charge in [-0.15, -0.1) is 0 Å². The lowest BCUT2D eigenvalue weighted by atomic mass is 10.1. The summed E-state index contributed by atoms with van der Waals surface area (Å²) in [7, 11) is 0. The van der Waals surface area contributed by atoms with Crippen LogP contribution in [0, 0.1) is 0 Å². The predicted octanol–water partition coefficient (Wildman–Crippen LogP) is 3.52. The zero-order valence-electron chi connectivity index (χ0n) is 11.6. The third-order valence-corrected chi connectivity index (χ3v) is 3.40. The highest BCUT2D eigenvalue weighted by Crippen LogP contribution is 2.24. The van der Waals surface area contributed by atoms with Crippen molar-refractivity contribution in [3.05, 3.63) is 48.3 Å². The molecule has 0 amide bonds. The van der Waals surface area contributed by atoms with Crippen LogP contribution >= 0.6 is 11.8 Å². The average molecular weight is 273 g/mol. The highest BCUT2D eigenvalue weighted by atomic mass is 32.2. The maximum atomic E-state index is 4.20. The first-order valence-electron chi connectivity index (χ1n) is 6.32. The second kappa shape index (κ2) is 6.17. The van der Waals surface area contributed by atoms with Crippen LogP contribution < -0.4 is 5.32 Å². The smallest absolute Gasteiger partial charge is 0.192 e. The molecule has 1 aromatic carbocycles. The predicted molar refractivity (Wildman–Crippen MR) is 79.2 cm³/mol. The molecule has 0 fully saturated rings. The monoisotopic (exact) mass is 273 g/mol. The molecule has 1 N–H and O–H groups in total. The minimum absolute atomic E-state index is 0.144. The molecule has 0 atom stereocenters. The Kier molecular flexibility index (Phi) is 4.56.